The third-order valence-electron chi connectivity index (χ3n) is 4.11. The summed E-state index contributed by atoms with van der Waals surface area (Å²) >= 11 is 0. The second-order valence-electron chi connectivity index (χ2n) is 5.42. The fraction of sp³-hybridized carbons (Fsp3) is 0.400. The van der Waals surface area contributed by atoms with Gasteiger partial charge in [-0.15, -0.1) is 0 Å². The molecule has 2 heterocycles. The van der Waals surface area contributed by atoms with Gasteiger partial charge in [-0.05, 0) is 18.2 Å². The van der Waals surface area contributed by atoms with Crippen molar-refractivity contribution >= 4 is 26.6 Å². The molecule has 1 aliphatic rings. The molecule has 1 N–H and O–H groups in total. The quantitative estimate of drug-likeness (QED) is 0.923. The predicted octanol–water partition coefficient (Wildman–Crippen LogP) is 1.44. The Morgan fingerprint density at radius 3 is 2.73 bits per heavy atom. The number of sulfone groups is 1. The van der Waals surface area contributed by atoms with E-state index in [1.165, 1.54) is 0 Å². The van der Waals surface area contributed by atoms with E-state index in [2.05, 4.69) is 4.98 Å². The molecule has 0 bridgehead atoms. The van der Waals surface area contributed by atoms with Gasteiger partial charge in [0.15, 0.2) is 9.84 Å². The molecule has 7 heteroatoms. The first-order valence-electron chi connectivity index (χ1n) is 7.12. The van der Waals surface area contributed by atoms with Crippen LogP contribution in [0.1, 0.15) is 17.4 Å². The number of nitrogens with zero attached hydrogens (tertiary/aromatic N) is 1. The maximum absolute atomic E-state index is 12.4. The lowest BCUT2D eigenvalue weighted by atomic mass is 10.2. The zero-order valence-corrected chi connectivity index (χ0v) is 13.3. The summed E-state index contributed by atoms with van der Waals surface area (Å²) in [5, 5.41) is 0.494. The molecular formula is C15H18N2O4S. The molecule has 0 atom stereocenters. The van der Waals surface area contributed by atoms with Crippen molar-refractivity contribution < 1.29 is 17.9 Å². The summed E-state index contributed by atoms with van der Waals surface area (Å²) in [5.41, 5.74) is 1.29. The Hall–Kier alpha value is -2.02. The second-order valence-corrected chi connectivity index (χ2v) is 7.99. The monoisotopic (exact) mass is 322 g/mol. The van der Waals surface area contributed by atoms with E-state index in [1.807, 2.05) is 18.2 Å². The maximum Gasteiger partial charge on any atom is 0.270 e. The number of aromatic nitrogens is 1. The van der Waals surface area contributed by atoms with Gasteiger partial charge in [-0.1, -0.05) is 6.92 Å². The van der Waals surface area contributed by atoms with Gasteiger partial charge in [-0.2, -0.15) is 0 Å². The second kappa shape index (κ2) is 5.31. The molecule has 118 valence electrons. The highest BCUT2D eigenvalue weighted by Gasteiger charge is 2.39. The number of carbonyl (C=O) groups is 1. The van der Waals surface area contributed by atoms with E-state index in [9.17, 15) is 13.2 Å². The van der Waals surface area contributed by atoms with Gasteiger partial charge in [0, 0.05) is 35.8 Å². The molecule has 0 aliphatic carbocycles. The van der Waals surface area contributed by atoms with Crippen LogP contribution in [0.5, 0.6) is 5.75 Å². The van der Waals surface area contributed by atoms with Gasteiger partial charge in [0.25, 0.3) is 5.91 Å². The number of amides is 1. The van der Waals surface area contributed by atoms with Crippen LogP contribution >= 0.6 is 0 Å². The lowest BCUT2D eigenvalue weighted by Crippen LogP contribution is -2.57. The highest BCUT2D eigenvalue weighted by atomic mass is 32.2. The largest absolute Gasteiger partial charge is 0.497 e. The van der Waals surface area contributed by atoms with Crippen molar-refractivity contribution in [2.24, 2.45) is 0 Å². The summed E-state index contributed by atoms with van der Waals surface area (Å²) in [4.78, 5) is 17.0. The molecule has 0 unspecified atom stereocenters. The Morgan fingerprint density at radius 2 is 2.09 bits per heavy atom. The minimum atomic E-state index is -3.06. The van der Waals surface area contributed by atoms with Gasteiger partial charge in [0.05, 0.1) is 12.4 Å². The fourth-order valence-corrected chi connectivity index (χ4v) is 3.87. The van der Waals surface area contributed by atoms with E-state index in [-0.39, 0.29) is 24.7 Å². The van der Waals surface area contributed by atoms with E-state index < -0.39 is 15.1 Å². The molecule has 1 aromatic heterocycles. The Kier molecular flexibility index (Phi) is 3.60. The van der Waals surface area contributed by atoms with Gasteiger partial charge in [0.2, 0.25) is 0 Å². The summed E-state index contributed by atoms with van der Waals surface area (Å²) in [6, 6.07) is 7.31. The number of likely N-dealkylation sites (tertiary alicyclic amines) is 1. The van der Waals surface area contributed by atoms with Crippen molar-refractivity contribution in [1.29, 1.82) is 0 Å². The number of nitrogens with one attached hydrogen (secondary N) is 1. The predicted molar refractivity (Wildman–Crippen MR) is 84.0 cm³/mol. The van der Waals surface area contributed by atoms with Crippen molar-refractivity contribution in [2.75, 3.05) is 26.0 Å². The van der Waals surface area contributed by atoms with Crippen molar-refractivity contribution in [3.63, 3.8) is 0 Å². The maximum atomic E-state index is 12.4. The van der Waals surface area contributed by atoms with Gasteiger partial charge < -0.3 is 14.6 Å². The Morgan fingerprint density at radius 1 is 1.36 bits per heavy atom. The number of rotatable bonds is 4. The fourth-order valence-electron chi connectivity index (χ4n) is 2.59. The van der Waals surface area contributed by atoms with Crippen molar-refractivity contribution in [1.82, 2.24) is 9.88 Å². The number of aromatic amines is 1. The van der Waals surface area contributed by atoms with E-state index in [0.29, 0.717) is 11.4 Å². The van der Waals surface area contributed by atoms with Crippen LogP contribution in [0.2, 0.25) is 0 Å². The molecule has 1 aliphatic heterocycles. The molecule has 1 fully saturated rings. The molecule has 22 heavy (non-hydrogen) atoms. The minimum Gasteiger partial charge on any atom is -0.497 e. The first-order valence-corrected chi connectivity index (χ1v) is 8.83. The number of hydrogen-bond donors (Lipinski definition) is 1. The number of benzene rings is 1. The third-order valence-corrected chi connectivity index (χ3v) is 6.22. The zero-order valence-electron chi connectivity index (χ0n) is 12.5. The lowest BCUT2D eigenvalue weighted by molar-refractivity contribution is 0.0654. The SMILES string of the molecule is CCS(=O)(=O)C1CN(C(=O)c2cc3ccc(OC)cc3[nH]2)C1. The summed E-state index contributed by atoms with van der Waals surface area (Å²) in [6.07, 6.45) is 0. The Balaban J connectivity index is 1.77. The average Bonchev–Trinajstić information content (AvgIpc) is 2.88. The highest BCUT2D eigenvalue weighted by molar-refractivity contribution is 7.92. The van der Waals surface area contributed by atoms with Gasteiger partial charge in [0.1, 0.15) is 11.4 Å². The molecule has 0 spiro atoms. The Bertz CT molecular complexity index is 819. The van der Waals surface area contributed by atoms with Crippen molar-refractivity contribution in [3.8, 4) is 5.75 Å². The molecule has 0 radical (unpaired) electrons. The average molecular weight is 322 g/mol. The minimum absolute atomic E-state index is 0.117. The summed E-state index contributed by atoms with van der Waals surface area (Å²) in [7, 11) is -1.48. The number of H-pyrrole nitrogens is 1. The van der Waals surface area contributed by atoms with Crippen molar-refractivity contribution in [3.05, 3.63) is 30.0 Å². The van der Waals surface area contributed by atoms with Gasteiger partial charge in [-0.3, -0.25) is 4.79 Å². The van der Waals surface area contributed by atoms with Crippen LogP contribution < -0.4 is 4.74 Å². The van der Waals surface area contributed by atoms with Crippen LogP contribution in [0, 0.1) is 0 Å². The number of carbonyl (C=O) groups excluding carboxylic acids is 1. The van der Waals surface area contributed by atoms with E-state index in [4.69, 9.17) is 4.74 Å². The van der Waals surface area contributed by atoms with Gasteiger partial charge in [-0.25, -0.2) is 8.42 Å². The summed E-state index contributed by atoms with van der Waals surface area (Å²) in [6.45, 7) is 2.17. The van der Waals surface area contributed by atoms with Crippen LogP contribution in [0.3, 0.4) is 0 Å². The smallest absolute Gasteiger partial charge is 0.270 e. The third kappa shape index (κ3) is 2.45. The molecule has 2 aromatic rings. The highest BCUT2D eigenvalue weighted by Crippen LogP contribution is 2.24. The molecular weight excluding hydrogens is 304 g/mol. The van der Waals surface area contributed by atoms with Crippen molar-refractivity contribution in [2.45, 2.75) is 12.2 Å². The number of methoxy groups -OCH3 is 1. The number of fused-ring (bicyclic) bond motifs is 1. The van der Waals surface area contributed by atoms with Crippen LogP contribution in [0.4, 0.5) is 0 Å². The van der Waals surface area contributed by atoms with Crippen LogP contribution in [0.25, 0.3) is 10.9 Å². The molecule has 1 amide bonds. The first-order chi connectivity index (χ1) is 10.4. The Labute approximate surface area is 129 Å². The number of hydrogen-bond acceptors (Lipinski definition) is 4. The zero-order chi connectivity index (χ0) is 15.9. The first kappa shape index (κ1) is 14.9. The molecule has 6 nitrogen and oxygen atoms in total. The molecule has 1 aromatic carbocycles. The molecule has 0 saturated carbocycles. The van der Waals surface area contributed by atoms with Crippen LogP contribution in [0.15, 0.2) is 24.3 Å². The summed E-state index contributed by atoms with van der Waals surface area (Å²) in [5.74, 6) is 0.662. The summed E-state index contributed by atoms with van der Waals surface area (Å²) < 4.78 is 28.6. The van der Waals surface area contributed by atoms with E-state index in [1.54, 1.807) is 25.0 Å². The normalized spacial score (nSPS) is 15.8. The standard InChI is InChI=1S/C15H18N2O4S/c1-3-22(19,20)12-8-17(9-12)15(18)14-6-10-4-5-11(21-2)7-13(10)16-14/h4-7,12,16H,3,8-9H2,1-2H3. The molecule has 1 saturated heterocycles. The number of ether oxygens (including phenoxy) is 1. The topological polar surface area (TPSA) is 79.5 Å². The van der Waals surface area contributed by atoms with E-state index >= 15 is 0 Å². The van der Waals surface area contributed by atoms with E-state index in [0.717, 1.165) is 10.9 Å². The van der Waals surface area contributed by atoms with Gasteiger partial charge >= 0.3 is 0 Å². The van der Waals surface area contributed by atoms with Crippen LogP contribution in [-0.4, -0.2) is 55.4 Å². The lowest BCUT2D eigenvalue weighted by Gasteiger charge is -2.38. The van der Waals surface area contributed by atoms with Crippen LogP contribution in [-0.2, 0) is 9.84 Å². The molecule has 3 rings (SSSR count).